The quantitative estimate of drug-likeness (QED) is 0.141. The van der Waals surface area contributed by atoms with Crippen LogP contribution < -0.4 is 31.1 Å². The van der Waals surface area contributed by atoms with Gasteiger partial charge in [-0.2, -0.15) is 0 Å². The van der Waals surface area contributed by atoms with Crippen LogP contribution in [0.3, 0.4) is 0 Å². The lowest BCUT2D eigenvalue weighted by Crippen LogP contribution is -2.61. The third kappa shape index (κ3) is 6.82. The molecule has 73 heavy (non-hydrogen) atoms. The molecule has 4 heteroatoms. The minimum absolute atomic E-state index is 0.0624. The molecular formula is C69H50BN3. The molecule has 1 aliphatic carbocycles. The predicted octanol–water partition coefficient (Wildman–Crippen LogP) is 16.2. The molecule has 11 aromatic carbocycles. The first kappa shape index (κ1) is 31.3. The first-order valence-electron chi connectivity index (χ1n) is 30.9. The molecule has 0 aromatic heterocycles. The normalized spacial score (nSPS) is 17.4. The Morgan fingerprint density at radius 2 is 0.986 bits per heavy atom. The van der Waals surface area contributed by atoms with E-state index in [1.54, 1.807) is 24.3 Å². The maximum absolute atomic E-state index is 9.41. The van der Waals surface area contributed by atoms with Crippen molar-refractivity contribution in [1.29, 1.82) is 0 Å². The van der Waals surface area contributed by atoms with Crippen LogP contribution in [-0.4, -0.2) is 6.71 Å². The molecule has 3 nitrogen and oxygen atoms in total. The second-order valence-electron chi connectivity index (χ2n) is 18.9. The Kier molecular flexibility index (Phi) is 7.30. The fourth-order valence-corrected chi connectivity index (χ4v) is 11.7. The molecule has 1 unspecified atom stereocenters. The summed E-state index contributed by atoms with van der Waals surface area (Å²) in [6.07, 6.45) is 0. The molecule has 0 saturated heterocycles. The number of fused-ring (bicyclic) bond motifs is 7. The van der Waals surface area contributed by atoms with E-state index in [4.69, 9.17) is 8.22 Å². The van der Waals surface area contributed by atoms with E-state index >= 15 is 0 Å². The Balaban J connectivity index is 1.11. The molecule has 0 radical (unpaired) electrons. The van der Waals surface area contributed by atoms with Crippen LogP contribution in [0.4, 0.5) is 51.2 Å². The maximum atomic E-state index is 9.41. The summed E-state index contributed by atoms with van der Waals surface area (Å²) in [5.41, 5.74) is 14.1. The average molecular weight is 945 g/mol. The lowest BCUT2D eigenvalue weighted by molar-refractivity contribution is 0.714. The number of hydrogen-bond acceptors (Lipinski definition) is 3. The summed E-state index contributed by atoms with van der Waals surface area (Å²) in [7, 11) is 0. The van der Waals surface area contributed by atoms with Gasteiger partial charge in [-0.25, -0.2) is 0 Å². The largest absolute Gasteiger partial charge is 0.311 e. The summed E-state index contributed by atoms with van der Waals surface area (Å²) >= 11 is 0. The highest BCUT2D eigenvalue weighted by molar-refractivity contribution is 7.00. The van der Waals surface area contributed by atoms with E-state index in [1.165, 1.54) is 4.90 Å². The van der Waals surface area contributed by atoms with Crippen LogP contribution in [0.25, 0.3) is 33.4 Å². The molecule has 0 fully saturated rings. The molecule has 0 bridgehead atoms. The van der Waals surface area contributed by atoms with Gasteiger partial charge in [0.2, 0.25) is 0 Å². The zero-order valence-electron chi connectivity index (χ0n) is 52.5. The second kappa shape index (κ2) is 17.0. The highest BCUT2D eigenvalue weighted by Crippen LogP contribution is 2.55. The molecule has 0 N–H and O–H groups in total. The monoisotopic (exact) mass is 944 g/mol. The Labute approximate surface area is 446 Å². The standard InChI is InChI=1S/C69H50BN3/c1-47-42-66-68-67(43-47)73(56-37-39-59-58-30-18-19-31-60(58)69(2,61(59)45-56)52-24-12-5-13-25-52)65-46-57(71(53-26-14-6-15-27-53)54-28-16-7-17-29-54)38-40-62(65)70(68)63-44-51(49-22-10-4-11-23-49)34-41-64(63)72(66)55-35-32-50(33-36-55)48-20-8-3-9-21-48/h3-46H,1-2H3/i1D3,6D,7D,14D,15D,16D,17D,26D,27D,28D,29D. The highest BCUT2D eigenvalue weighted by atomic mass is 15.2. The first-order chi connectivity index (χ1) is 41.4. The molecular weight excluding hydrogens is 882 g/mol. The van der Waals surface area contributed by atoms with Crippen LogP contribution in [0.5, 0.6) is 0 Å². The van der Waals surface area contributed by atoms with E-state index in [0.717, 1.165) is 77.8 Å². The van der Waals surface area contributed by atoms with Crippen LogP contribution in [0, 0.1) is 6.85 Å². The predicted molar refractivity (Wildman–Crippen MR) is 308 cm³/mol. The first-order valence-corrected chi connectivity index (χ1v) is 24.4. The van der Waals surface area contributed by atoms with Crippen molar-refractivity contribution in [2.45, 2.75) is 19.2 Å². The van der Waals surface area contributed by atoms with E-state index in [9.17, 15) is 9.60 Å². The van der Waals surface area contributed by atoms with E-state index in [2.05, 4.69) is 115 Å². The van der Waals surface area contributed by atoms with Crippen LogP contribution >= 0.6 is 0 Å². The molecule has 14 rings (SSSR count). The maximum Gasteiger partial charge on any atom is 0.252 e. The summed E-state index contributed by atoms with van der Waals surface area (Å²) < 4.78 is 118. The van der Waals surface area contributed by atoms with Gasteiger partial charge in [-0.1, -0.05) is 188 Å². The summed E-state index contributed by atoms with van der Waals surface area (Å²) in [6, 6.07) is 61.7. The summed E-state index contributed by atoms with van der Waals surface area (Å²) in [6.45, 7) is -1.04. The number of para-hydroxylation sites is 2. The Morgan fingerprint density at radius 1 is 0.425 bits per heavy atom. The SMILES string of the molecule is [2H]c1c([2H])c([2H])c(N(c2ccc3c(c2)N(c2ccc4c(c2)C(C)(c2ccccc2)c2ccccc2-4)c2cc(C([2H])([2H])[2H])cc4c2B3c2cc(-c3ccccc3)ccc2N4c2ccc(-c3ccccc3)cc2)c2c([2H])c([2H])c([2H])c([2H])c2[2H])c([2H])c1[2H]. The van der Waals surface area contributed by atoms with Crippen LogP contribution in [-0.2, 0) is 5.41 Å². The summed E-state index contributed by atoms with van der Waals surface area (Å²) in [5, 5.41) is 0. The molecule has 1 atom stereocenters. The lowest BCUT2D eigenvalue weighted by Gasteiger charge is -2.45. The second-order valence-corrected chi connectivity index (χ2v) is 18.9. The fraction of sp³-hybridized carbons (Fsp3) is 0.0435. The zero-order valence-corrected chi connectivity index (χ0v) is 39.5. The molecule has 11 aromatic rings. The average Bonchev–Trinajstić information content (AvgIpc) is 0.902. The minimum Gasteiger partial charge on any atom is -0.311 e. The molecule has 0 saturated carbocycles. The van der Waals surface area contributed by atoms with E-state index in [1.807, 2.05) is 83.8 Å². The van der Waals surface area contributed by atoms with Gasteiger partial charge in [0.1, 0.15) is 0 Å². The Morgan fingerprint density at radius 3 is 1.66 bits per heavy atom. The zero-order chi connectivity index (χ0) is 59.8. The van der Waals surface area contributed by atoms with Gasteiger partial charge in [0.25, 0.3) is 6.71 Å². The van der Waals surface area contributed by atoms with Crippen molar-refractivity contribution in [2.24, 2.45) is 0 Å². The molecule has 2 heterocycles. The number of aryl methyl sites for hydroxylation is 1. The number of hydrogen-bond donors (Lipinski definition) is 0. The van der Waals surface area contributed by atoms with Gasteiger partial charge in [-0.15, -0.1) is 0 Å². The fourth-order valence-electron chi connectivity index (χ4n) is 11.7. The van der Waals surface area contributed by atoms with Crippen LogP contribution in [0.15, 0.2) is 267 Å². The van der Waals surface area contributed by atoms with Crippen molar-refractivity contribution in [2.75, 3.05) is 14.7 Å². The summed E-state index contributed by atoms with van der Waals surface area (Å²) in [5.74, 6) is 0. The third-order valence-corrected chi connectivity index (χ3v) is 15.0. The molecule has 344 valence electrons. The van der Waals surface area contributed by atoms with Gasteiger partial charge in [0.05, 0.1) is 13.7 Å². The Bertz CT molecular complexity index is 4490. The smallest absolute Gasteiger partial charge is 0.252 e. The van der Waals surface area contributed by atoms with Gasteiger partial charge in [0.15, 0.2) is 0 Å². The number of anilines is 9. The van der Waals surface area contributed by atoms with Gasteiger partial charge >= 0.3 is 0 Å². The topological polar surface area (TPSA) is 9.72 Å². The molecule has 2 aliphatic heterocycles. The van der Waals surface area contributed by atoms with Crippen molar-refractivity contribution in [3.63, 3.8) is 0 Å². The van der Waals surface area contributed by atoms with Crippen molar-refractivity contribution >= 4 is 74.3 Å². The van der Waals surface area contributed by atoms with E-state index in [-0.39, 0.29) is 11.3 Å². The Hall–Kier alpha value is -9.12. The van der Waals surface area contributed by atoms with Crippen LogP contribution in [0.2, 0.25) is 0 Å². The van der Waals surface area contributed by atoms with Gasteiger partial charge in [0, 0.05) is 60.7 Å². The minimum atomic E-state index is -2.64. The van der Waals surface area contributed by atoms with Crippen molar-refractivity contribution in [3.05, 3.63) is 289 Å². The van der Waals surface area contributed by atoms with Crippen molar-refractivity contribution in [1.82, 2.24) is 0 Å². The number of rotatable bonds is 8. The van der Waals surface area contributed by atoms with E-state index < -0.39 is 90.8 Å². The van der Waals surface area contributed by atoms with Gasteiger partial charge in [-0.05, 0) is 165 Å². The number of benzene rings is 11. The molecule has 3 aliphatic rings. The van der Waals surface area contributed by atoms with Crippen molar-refractivity contribution < 1.29 is 17.8 Å². The molecule has 0 spiro atoms. The number of nitrogens with zero attached hydrogens (tertiary/aromatic N) is 3. The van der Waals surface area contributed by atoms with E-state index in [0.29, 0.717) is 22.7 Å². The highest BCUT2D eigenvalue weighted by Gasteiger charge is 2.45. The molecule has 0 amide bonds. The van der Waals surface area contributed by atoms with Crippen molar-refractivity contribution in [3.8, 4) is 33.4 Å². The third-order valence-electron chi connectivity index (χ3n) is 15.0. The van der Waals surface area contributed by atoms with Gasteiger partial charge < -0.3 is 14.7 Å². The lowest BCUT2D eigenvalue weighted by atomic mass is 9.33. The summed E-state index contributed by atoms with van der Waals surface area (Å²) in [4.78, 5) is 5.35. The van der Waals surface area contributed by atoms with Crippen LogP contribution in [0.1, 0.15) is 47.0 Å². The van der Waals surface area contributed by atoms with Gasteiger partial charge in [-0.3, -0.25) is 0 Å².